The molecule has 1 atom stereocenters. The molecule has 1 amide bonds. The average molecular weight is 418 g/mol. The first-order chi connectivity index (χ1) is 13.3. The number of aromatic carboxylic acids is 1. The molecule has 0 fully saturated rings. The number of nitrogens with one attached hydrogen (secondary N) is 1. The molecule has 2 rings (SSSR count). The van der Waals surface area contributed by atoms with Gasteiger partial charge in [0.25, 0.3) is 0 Å². The zero-order chi connectivity index (χ0) is 20.8. The van der Waals surface area contributed by atoms with Crippen LogP contribution in [0, 0.1) is 11.3 Å². The van der Waals surface area contributed by atoms with Crippen LogP contribution in [0.15, 0.2) is 35.4 Å². The van der Waals surface area contributed by atoms with Crippen LogP contribution in [0.2, 0.25) is 5.02 Å². The van der Waals surface area contributed by atoms with Crippen molar-refractivity contribution >= 4 is 40.9 Å². The molecular formula is C20H20ClN3O3S. The molecule has 0 saturated carbocycles. The Morgan fingerprint density at radius 2 is 2.04 bits per heavy atom. The van der Waals surface area contributed by atoms with Crippen molar-refractivity contribution in [1.29, 1.82) is 5.26 Å². The Morgan fingerprint density at radius 3 is 2.61 bits per heavy atom. The number of pyridine rings is 1. The third-order valence-corrected chi connectivity index (χ3v) is 5.67. The Morgan fingerprint density at radius 1 is 1.32 bits per heavy atom. The Kier molecular flexibility index (Phi) is 7.44. The lowest BCUT2D eigenvalue weighted by atomic mass is 10.1. The Bertz CT molecular complexity index is 941. The second-order valence-electron chi connectivity index (χ2n) is 6.36. The molecule has 1 aromatic carbocycles. The van der Waals surface area contributed by atoms with Gasteiger partial charge >= 0.3 is 5.97 Å². The summed E-state index contributed by atoms with van der Waals surface area (Å²) in [4.78, 5) is 28.5. The van der Waals surface area contributed by atoms with Crippen LogP contribution in [0.25, 0.3) is 0 Å². The number of carboxylic acids is 1. The zero-order valence-corrected chi connectivity index (χ0v) is 17.3. The zero-order valence-electron chi connectivity index (χ0n) is 15.7. The van der Waals surface area contributed by atoms with Crippen molar-refractivity contribution < 1.29 is 14.7 Å². The van der Waals surface area contributed by atoms with Gasteiger partial charge in [0.05, 0.1) is 21.4 Å². The van der Waals surface area contributed by atoms with Gasteiger partial charge in [0.15, 0.2) is 0 Å². The van der Waals surface area contributed by atoms with E-state index in [-0.39, 0.29) is 22.4 Å². The third-order valence-electron chi connectivity index (χ3n) is 3.98. The highest BCUT2D eigenvalue weighted by Gasteiger charge is 2.22. The van der Waals surface area contributed by atoms with E-state index < -0.39 is 11.2 Å². The number of carbonyl (C=O) groups is 2. The number of rotatable bonds is 7. The largest absolute Gasteiger partial charge is 0.478 e. The summed E-state index contributed by atoms with van der Waals surface area (Å²) in [5, 5.41) is 21.3. The summed E-state index contributed by atoms with van der Waals surface area (Å²) in [6, 6.07) is 9.93. The van der Waals surface area contributed by atoms with E-state index in [1.165, 1.54) is 23.9 Å². The van der Waals surface area contributed by atoms with Gasteiger partial charge in [0, 0.05) is 11.4 Å². The van der Waals surface area contributed by atoms with E-state index in [1.807, 2.05) is 26.8 Å². The maximum atomic E-state index is 12.7. The number of nitriles is 1. The van der Waals surface area contributed by atoms with Gasteiger partial charge in [-0.3, -0.25) is 4.79 Å². The molecule has 0 saturated heterocycles. The Balaban J connectivity index is 2.23. The summed E-state index contributed by atoms with van der Waals surface area (Å²) >= 11 is 7.09. The highest BCUT2D eigenvalue weighted by Crippen LogP contribution is 2.30. The number of aromatic nitrogens is 1. The molecule has 0 aliphatic rings. The smallest absolute Gasteiger partial charge is 0.337 e. The number of carboxylic acid groups (broad SMARTS) is 1. The number of thioether (sulfide) groups is 1. The highest BCUT2D eigenvalue weighted by atomic mass is 35.5. The predicted molar refractivity (Wildman–Crippen MR) is 110 cm³/mol. The summed E-state index contributed by atoms with van der Waals surface area (Å²) in [5.74, 6) is -1.27. The van der Waals surface area contributed by atoms with Gasteiger partial charge in [-0.25, -0.2) is 9.78 Å². The summed E-state index contributed by atoms with van der Waals surface area (Å²) in [7, 11) is 0. The summed E-state index contributed by atoms with van der Waals surface area (Å²) in [6.45, 7) is 5.88. The van der Waals surface area contributed by atoms with Gasteiger partial charge in [-0.2, -0.15) is 5.26 Å². The monoisotopic (exact) mass is 417 g/mol. The Hall–Kier alpha value is -2.56. The molecule has 1 unspecified atom stereocenters. The molecule has 0 aliphatic heterocycles. The van der Waals surface area contributed by atoms with Crippen molar-refractivity contribution in [2.45, 2.75) is 43.4 Å². The summed E-state index contributed by atoms with van der Waals surface area (Å²) in [5.41, 5.74) is 1.52. The van der Waals surface area contributed by atoms with Gasteiger partial charge in [0.1, 0.15) is 11.1 Å². The number of halogens is 1. The lowest BCUT2D eigenvalue weighted by Gasteiger charge is -2.16. The van der Waals surface area contributed by atoms with Crippen molar-refractivity contribution in [1.82, 2.24) is 4.98 Å². The summed E-state index contributed by atoms with van der Waals surface area (Å²) < 4.78 is 0. The van der Waals surface area contributed by atoms with E-state index in [0.717, 1.165) is 5.69 Å². The molecule has 1 aromatic heterocycles. The van der Waals surface area contributed by atoms with E-state index in [0.29, 0.717) is 22.7 Å². The van der Waals surface area contributed by atoms with E-state index in [1.54, 1.807) is 12.1 Å². The molecule has 2 aromatic rings. The minimum absolute atomic E-state index is 0.0850. The Labute approximate surface area is 172 Å². The molecule has 0 aliphatic carbocycles. The standard InChI is InChI=1S/C20H20ClN3O3S/c1-4-17(28-19-12(10-22)5-8-16(24-19)11(2)3)18(25)23-13-6-7-15(21)14(9-13)20(26)27/h5-9,11,17H,4H2,1-3H3,(H,23,25)(H,26,27). The van der Waals surface area contributed by atoms with Gasteiger partial charge in [-0.15, -0.1) is 0 Å². The number of benzene rings is 1. The van der Waals surface area contributed by atoms with Gasteiger partial charge in [-0.1, -0.05) is 44.1 Å². The van der Waals surface area contributed by atoms with Gasteiger partial charge in [-0.05, 0) is 42.7 Å². The van der Waals surface area contributed by atoms with Crippen LogP contribution in [0.4, 0.5) is 5.69 Å². The fourth-order valence-corrected chi connectivity index (χ4v) is 3.60. The first-order valence-electron chi connectivity index (χ1n) is 8.68. The minimum atomic E-state index is -1.17. The first-order valence-corrected chi connectivity index (χ1v) is 9.94. The SMILES string of the molecule is CCC(Sc1nc(C(C)C)ccc1C#N)C(=O)Nc1ccc(Cl)c(C(=O)O)c1. The number of hydrogen-bond donors (Lipinski definition) is 2. The molecule has 28 heavy (non-hydrogen) atoms. The molecule has 146 valence electrons. The van der Waals surface area contributed by atoms with E-state index >= 15 is 0 Å². The maximum Gasteiger partial charge on any atom is 0.337 e. The molecule has 8 heteroatoms. The average Bonchev–Trinajstić information content (AvgIpc) is 2.66. The molecule has 0 spiro atoms. The molecule has 0 radical (unpaired) electrons. The fourth-order valence-electron chi connectivity index (χ4n) is 2.40. The van der Waals surface area contributed by atoms with E-state index in [9.17, 15) is 14.9 Å². The quantitative estimate of drug-likeness (QED) is 0.618. The van der Waals surface area contributed by atoms with Crippen LogP contribution in [0.3, 0.4) is 0 Å². The number of anilines is 1. The van der Waals surface area contributed by atoms with Crippen molar-refractivity contribution in [3.05, 3.63) is 52.2 Å². The molecule has 6 nitrogen and oxygen atoms in total. The van der Waals surface area contributed by atoms with Crippen LogP contribution in [-0.2, 0) is 4.79 Å². The second kappa shape index (κ2) is 9.58. The minimum Gasteiger partial charge on any atom is -0.478 e. The molecule has 1 heterocycles. The second-order valence-corrected chi connectivity index (χ2v) is 7.96. The van der Waals surface area contributed by atoms with Gasteiger partial charge < -0.3 is 10.4 Å². The first kappa shape index (κ1) is 21.7. The molecule has 0 bridgehead atoms. The van der Waals surface area contributed by atoms with E-state index in [4.69, 9.17) is 16.7 Å². The predicted octanol–water partition coefficient (Wildman–Crippen LogP) is 4.94. The number of carbonyl (C=O) groups excluding carboxylic acids is 1. The van der Waals surface area contributed by atoms with Gasteiger partial charge in [0.2, 0.25) is 5.91 Å². The van der Waals surface area contributed by atoms with Crippen LogP contribution in [0.5, 0.6) is 0 Å². The number of nitrogens with zero attached hydrogens (tertiary/aromatic N) is 2. The number of hydrogen-bond acceptors (Lipinski definition) is 5. The summed E-state index contributed by atoms with van der Waals surface area (Å²) in [6.07, 6.45) is 0.508. The van der Waals surface area contributed by atoms with Crippen molar-refractivity contribution in [2.24, 2.45) is 0 Å². The van der Waals surface area contributed by atoms with Crippen molar-refractivity contribution in [3.8, 4) is 6.07 Å². The number of amides is 1. The lowest BCUT2D eigenvalue weighted by molar-refractivity contribution is -0.115. The van der Waals surface area contributed by atoms with Crippen LogP contribution < -0.4 is 5.32 Å². The normalized spacial score (nSPS) is 11.7. The maximum absolute atomic E-state index is 12.7. The van der Waals surface area contributed by atoms with Crippen LogP contribution >= 0.6 is 23.4 Å². The van der Waals surface area contributed by atoms with Crippen molar-refractivity contribution in [3.63, 3.8) is 0 Å². The third kappa shape index (κ3) is 5.24. The molecule has 2 N–H and O–H groups in total. The van der Waals surface area contributed by atoms with Crippen LogP contribution in [0.1, 0.15) is 54.7 Å². The van der Waals surface area contributed by atoms with Crippen molar-refractivity contribution in [2.75, 3.05) is 5.32 Å². The topological polar surface area (TPSA) is 103 Å². The lowest BCUT2D eigenvalue weighted by Crippen LogP contribution is -2.25. The van der Waals surface area contributed by atoms with Crippen LogP contribution in [-0.4, -0.2) is 27.2 Å². The highest BCUT2D eigenvalue weighted by molar-refractivity contribution is 8.00. The van der Waals surface area contributed by atoms with E-state index in [2.05, 4.69) is 16.4 Å². The molecular weight excluding hydrogens is 398 g/mol. The fraction of sp³-hybridized carbons (Fsp3) is 0.300.